The third kappa shape index (κ3) is 3.47. The summed E-state index contributed by atoms with van der Waals surface area (Å²) >= 11 is 0. The number of hydrogen-bond donors (Lipinski definition) is 1. The van der Waals surface area contributed by atoms with Crippen LogP contribution in [0.1, 0.15) is 30.1 Å². The van der Waals surface area contributed by atoms with Crippen LogP contribution in [0.3, 0.4) is 0 Å². The minimum atomic E-state index is -0.507. The monoisotopic (exact) mass is 435 g/mol. The van der Waals surface area contributed by atoms with Gasteiger partial charge in [-0.15, -0.1) is 6.58 Å². The second kappa shape index (κ2) is 8.09. The molecule has 3 saturated heterocycles. The summed E-state index contributed by atoms with van der Waals surface area (Å²) in [7, 11) is 0. The second-order valence-electron chi connectivity index (χ2n) is 10.1. The smallest absolute Gasteiger partial charge is 0.131 e. The molecule has 3 aliphatic heterocycles. The number of pyridine rings is 1. The van der Waals surface area contributed by atoms with Gasteiger partial charge in [-0.3, -0.25) is 4.98 Å². The topological polar surface area (TPSA) is 33.1 Å². The molecular weight excluding hydrogens is 404 g/mol. The van der Waals surface area contributed by atoms with Crippen LogP contribution in [0.15, 0.2) is 91.6 Å². The fourth-order valence-electron chi connectivity index (χ4n) is 6.67. The van der Waals surface area contributed by atoms with Crippen molar-refractivity contribution in [2.24, 2.45) is 11.8 Å². The third-order valence-corrected chi connectivity index (χ3v) is 8.35. The molecule has 1 aromatic heterocycles. The molecule has 3 fully saturated rings. The number of para-hydroxylation sites is 1. The van der Waals surface area contributed by atoms with Gasteiger partial charge < -0.3 is 9.59 Å². The van der Waals surface area contributed by atoms with Crippen molar-refractivity contribution >= 4 is 21.7 Å². The van der Waals surface area contributed by atoms with E-state index in [9.17, 15) is 5.11 Å². The minimum absolute atomic E-state index is 0.178. The van der Waals surface area contributed by atoms with E-state index in [1.165, 1.54) is 22.8 Å². The van der Waals surface area contributed by atoms with E-state index in [2.05, 4.69) is 66.2 Å². The largest absolute Gasteiger partial charge is 0.382 e. The molecule has 7 rings (SSSR count). The first kappa shape index (κ1) is 20.6. The molecular formula is C30H31N2O+. The number of nitrogens with zero attached hydrogens (tertiary/aromatic N) is 2. The van der Waals surface area contributed by atoms with Gasteiger partial charge >= 0.3 is 0 Å². The summed E-state index contributed by atoms with van der Waals surface area (Å²) < 4.78 is 0.934. The van der Waals surface area contributed by atoms with Crippen LogP contribution in [-0.2, 0) is 6.54 Å². The van der Waals surface area contributed by atoms with Gasteiger partial charge in [-0.25, -0.2) is 0 Å². The number of hydrogen-bond acceptors (Lipinski definition) is 2. The quantitative estimate of drug-likeness (QED) is 0.307. The molecule has 33 heavy (non-hydrogen) atoms. The Morgan fingerprint density at radius 3 is 2.73 bits per heavy atom. The van der Waals surface area contributed by atoms with Gasteiger partial charge in [0.2, 0.25) is 0 Å². The molecule has 4 heterocycles. The number of aliphatic hydroxyl groups is 1. The molecule has 3 nitrogen and oxygen atoms in total. The Bertz CT molecular complexity index is 1330. The SMILES string of the molecule is C=C[C@H]1C[N@@+]2(Cc3ccc4ccccc4c3)CC[C@H]1C[C@@H]2[C@@H](O)c1ccnc2ccccc12. The lowest BCUT2D eigenvalue weighted by molar-refractivity contribution is -0.984. The van der Waals surface area contributed by atoms with Crippen molar-refractivity contribution in [3.8, 4) is 0 Å². The van der Waals surface area contributed by atoms with Crippen LogP contribution in [0.25, 0.3) is 21.7 Å². The molecule has 4 aromatic rings. The average molecular weight is 436 g/mol. The van der Waals surface area contributed by atoms with E-state index >= 15 is 0 Å². The van der Waals surface area contributed by atoms with Crippen molar-refractivity contribution in [3.63, 3.8) is 0 Å². The van der Waals surface area contributed by atoms with Crippen LogP contribution in [0.2, 0.25) is 0 Å². The zero-order valence-electron chi connectivity index (χ0n) is 19.0. The molecule has 2 bridgehead atoms. The van der Waals surface area contributed by atoms with Gasteiger partial charge in [-0.2, -0.15) is 0 Å². The first-order chi connectivity index (χ1) is 16.2. The molecule has 1 N–H and O–H groups in total. The maximum absolute atomic E-state index is 11.9. The molecule has 3 aliphatic rings. The van der Waals surface area contributed by atoms with Crippen LogP contribution in [-0.4, -0.2) is 33.7 Å². The highest BCUT2D eigenvalue weighted by atomic mass is 16.3. The molecule has 0 amide bonds. The van der Waals surface area contributed by atoms with E-state index in [4.69, 9.17) is 0 Å². The molecule has 166 valence electrons. The summed E-state index contributed by atoms with van der Waals surface area (Å²) in [5.74, 6) is 1.14. The van der Waals surface area contributed by atoms with Crippen molar-refractivity contribution in [1.82, 2.24) is 4.98 Å². The van der Waals surface area contributed by atoms with Crippen LogP contribution in [0.4, 0.5) is 0 Å². The molecule has 3 heteroatoms. The van der Waals surface area contributed by atoms with E-state index in [1.807, 2.05) is 30.5 Å². The first-order valence-electron chi connectivity index (χ1n) is 12.1. The van der Waals surface area contributed by atoms with E-state index < -0.39 is 6.10 Å². The Labute approximate surface area is 195 Å². The minimum Gasteiger partial charge on any atom is -0.382 e. The van der Waals surface area contributed by atoms with Gasteiger partial charge in [0.25, 0.3) is 0 Å². The van der Waals surface area contributed by atoms with Gasteiger partial charge in [-0.1, -0.05) is 60.7 Å². The predicted molar refractivity (Wildman–Crippen MR) is 135 cm³/mol. The van der Waals surface area contributed by atoms with Crippen molar-refractivity contribution in [3.05, 3.63) is 103 Å². The second-order valence-corrected chi connectivity index (χ2v) is 10.1. The Morgan fingerprint density at radius 2 is 1.85 bits per heavy atom. The van der Waals surface area contributed by atoms with Crippen molar-refractivity contribution in [1.29, 1.82) is 0 Å². The molecule has 0 spiro atoms. The average Bonchev–Trinajstić information content (AvgIpc) is 2.87. The number of aromatic nitrogens is 1. The predicted octanol–water partition coefficient (Wildman–Crippen LogP) is 6.03. The Kier molecular flexibility index (Phi) is 5.05. The van der Waals surface area contributed by atoms with Gasteiger partial charge in [-0.05, 0) is 40.5 Å². The van der Waals surface area contributed by atoms with E-state index in [0.29, 0.717) is 11.8 Å². The summed E-state index contributed by atoms with van der Waals surface area (Å²) in [5.41, 5.74) is 3.33. The van der Waals surface area contributed by atoms with Crippen molar-refractivity contribution < 1.29 is 9.59 Å². The van der Waals surface area contributed by atoms with Gasteiger partial charge in [0, 0.05) is 35.9 Å². The number of rotatable bonds is 5. The van der Waals surface area contributed by atoms with Gasteiger partial charge in [0.15, 0.2) is 0 Å². The summed E-state index contributed by atoms with van der Waals surface area (Å²) in [6, 6.07) is 25.8. The highest BCUT2D eigenvalue weighted by Gasteiger charge is 2.53. The molecule has 3 aromatic carbocycles. The standard InChI is InChI=1S/C30H31N2O/c1-2-22-20-32(19-21-11-12-23-7-3-4-8-24(23)17-21)16-14-25(22)18-29(32)30(33)27-13-15-31-28-10-6-5-9-26(27)28/h2-13,15,17,22,25,29-30,33H,1,14,16,18-20H2/q+1/t22-,25-,29+,30-,32-/m0/s1. The molecule has 0 aliphatic carbocycles. The number of piperidine rings is 3. The highest BCUT2D eigenvalue weighted by Crippen LogP contribution is 2.48. The molecule has 0 saturated carbocycles. The summed E-state index contributed by atoms with van der Waals surface area (Å²) in [4.78, 5) is 4.53. The summed E-state index contributed by atoms with van der Waals surface area (Å²) in [6.45, 7) is 7.30. The van der Waals surface area contributed by atoms with E-state index in [0.717, 1.165) is 47.0 Å². The number of benzene rings is 3. The zero-order valence-corrected chi connectivity index (χ0v) is 19.0. The van der Waals surface area contributed by atoms with Crippen LogP contribution < -0.4 is 0 Å². The van der Waals surface area contributed by atoms with Gasteiger partial charge in [0.1, 0.15) is 18.7 Å². The Balaban J connectivity index is 1.41. The van der Waals surface area contributed by atoms with Crippen molar-refractivity contribution in [2.45, 2.75) is 31.5 Å². The normalized spacial score (nSPS) is 27.6. The lowest BCUT2D eigenvalue weighted by Crippen LogP contribution is -2.67. The zero-order chi connectivity index (χ0) is 22.4. The Hall–Kier alpha value is -3.01. The number of aliphatic hydroxyl groups excluding tert-OH is 1. The van der Waals surface area contributed by atoms with Crippen LogP contribution >= 0.6 is 0 Å². The summed E-state index contributed by atoms with van der Waals surface area (Å²) in [6.07, 6.45) is 5.76. The maximum atomic E-state index is 11.9. The highest BCUT2D eigenvalue weighted by molar-refractivity contribution is 5.83. The number of quaternary nitrogens is 1. The lowest BCUT2D eigenvalue weighted by atomic mass is 9.71. The number of fused-ring (bicyclic) bond motifs is 5. The lowest BCUT2D eigenvalue weighted by Gasteiger charge is -2.58. The van der Waals surface area contributed by atoms with E-state index in [-0.39, 0.29) is 6.04 Å². The van der Waals surface area contributed by atoms with Crippen LogP contribution in [0, 0.1) is 11.8 Å². The fraction of sp³-hybridized carbons (Fsp3) is 0.300. The maximum Gasteiger partial charge on any atom is 0.131 e. The fourth-order valence-corrected chi connectivity index (χ4v) is 6.67. The van der Waals surface area contributed by atoms with Crippen LogP contribution in [0.5, 0.6) is 0 Å². The van der Waals surface area contributed by atoms with E-state index in [1.54, 1.807) is 0 Å². The molecule has 0 unspecified atom stereocenters. The first-order valence-corrected chi connectivity index (χ1v) is 12.1. The van der Waals surface area contributed by atoms with Crippen molar-refractivity contribution in [2.75, 3.05) is 13.1 Å². The third-order valence-electron chi connectivity index (χ3n) is 8.35. The van der Waals surface area contributed by atoms with Gasteiger partial charge in [0.05, 0.1) is 18.6 Å². The molecule has 0 radical (unpaired) electrons. The Morgan fingerprint density at radius 1 is 1.03 bits per heavy atom. The summed E-state index contributed by atoms with van der Waals surface area (Å²) in [5, 5.41) is 15.5. The molecule has 5 atom stereocenters.